The van der Waals surface area contributed by atoms with Crippen LogP contribution in [0.25, 0.3) is 0 Å². The Balaban J connectivity index is 1.61. The van der Waals surface area contributed by atoms with Crippen molar-refractivity contribution < 1.29 is 9.53 Å². The van der Waals surface area contributed by atoms with Crippen LogP contribution in [0.4, 0.5) is 4.79 Å². The number of likely N-dealkylation sites (tertiary alicyclic amines) is 2. The molecule has 2 atom stereocenters. The topological polar surface area (TPSA) is 83.2 Å². The molecule has 2 aliphatic heterocycles. The van der Waals surface area contributed by atoms with E-state index in [1.165, 1.54) is 19.5 Å². The molecule has 26 heavy (non-hydrogen) atoms. The molecule has 0 bridgehead atoms. The number of amides is 1. The number of nitrogens with zero attached hydrogens (tertiary/aromatic N) is 3. The molecule has 0 saturated carbocycles. The van der Waals surface area contributed by atoms with Gasteiger partial charge >= 0.3 is 6.09 Å². The first kappa shape index (κ1) is 20.8. The molecule has 150 valence electrons. The summed E-state index contributed by atoms with van der Waals surface area (Å²) < 4.78 is 5.04. The predicted octanol–water partition coefficient (Wildman–Crippen LogP) is 1.88. The Labute approximate surface area is 158 Å². The van der Waals surface area contributed by atoms with Gasteiger partial charge in [-0.3, -0.25) is 4.99 Å². The number of guanidine groups is 1. The fourth-order valence-corrected chi connectivity index (χ4v) is 4.14. The van der Waals surface area contributed by atoms with E-state index in [0.29, 0.717) is 25.7 Å². The van der Waals surface area contributed by atoms with Crippen LogP contribution < -0.4 is 11.1 Å². The fraction of sp³-hybridized carbons (Fsp3) is 0.895. The number of carbonyl (C=O) groups is 1. The lowest BCUT2D eigenvalue weighted by atomic mass is 9.92. The molecule has 2 fully saturated rings. The van der Waals surface area contributed by atoms with Crippen molar-refractivity contribution in [3.8, 4) is 0 Å². The standard InChI is InChI=1S/C19H37N5O2/c1-4-26-19(25)24-10-6-17(7-11-24)22-18(20)21-8-5-9-23-13-15(2)12-16(3)14-23/h15-17H,4-14H2,1-3H3,(H3,20,21,22). The van der Waals surface area contributed by atoms with E-state index >= 15 is 0 Å². The number of aliphatic imine (C=N–C) groups is 1. The molecule has 0 aromatic heterocycles. The molecule has 7 heteroatoms. The van der Waals surface area contributed by atoms with E-state index in [9.17, 15) is 4.79 Å². The summed E-state index contributed by atoms with van der Waals surface area (Å²) in [4.78, 5) is 20.5. The van der Waals surface area contributed by atoms with E-state index in [1.54, 1.807) is 4.90 Å². The summed E-state index contributed by atoms with van der Waals surface area (Å²) in [6.07, 6.45) is 3.93. The van der Waals surface area contributed by atoms with Crippen molar-refractivity contribution in [1.29, 1.82) is 0 Å². The molecule has 0 spiro atoms. The van der Waals surface area contributed by atoms with E-state index in [-0.39, 0.29) is 12.1 Å². The van der Waals surface area contributed by atoms with Crippen molar-refractivity contribution in [2.75, 3.05) is 45.9 Å². The highest BCUT2D eigenvalue weighted by atomic mass is 16.6. The van der Waals surface area contributed by atoms with Crippen LogP contribution in [-0.4, -0.2) is 73.8 Å². The largest absolute Gasteiger partial charge is 0.450 e. The number of piperidine rings is 2. The SMILES string of the molecule is CCOC(=O)N1CCC(NC(N)=NCCCN2CC(C)CC(C)C2)CC1. The van der Waals surface area contributed by atoms with Crippen molar-refractivity contribution in [2.24, 2.45) is 22.6 Å². The second kappa shape index (κ2) is 10.6. The molecule has 7 nitrogen and oxygen atoms in total. The van der Waals surface area contributed by atoms with Crippen LogP contribution >= 0.6 is 0 Å². The number of carbonyl (C=O) groups excluding carboxylic acids is 1. The maximum absolute atomic E-state index is 11.7. The van der Waals surface area contributed by atoms with Crippen LogP contribution in [-0.2, 0) is 4.74 Å². The van der Waals surface area contributed by atoms with Crippen molar-refractivity contribution in [2.45, 2.75) is 52.5 Å². The summed E-state index contributed by atoms with van der Waals surface area (Å²) in [7, 11) is 0. The first-order valence-corrected chi connectivity index (χ1v) is 10.2. The van der Waals surface area contributed by atoms with E-state index in [0.717, 1.165) is 44.2 Å². The summed E-state index contributed by atoms with van der Waals surface area (Å²) in [6, 6.07) is 0.285. The van der Waals surface area contributed by atoms with Crippen molar-refractivity contribution >= 4 is 12.1 Å². The Bertz CT molecular complexity index is 453. The van der Waals surface area contributed by atoms with Gasteiger partial charge < -0.3 is 25.6 Å². The third-order valence-corrected chi connectivity index (χ3v) is 5.23. The number of hydrogen-bond donors (Lipinski definition) is 2. The van der Waals surface area contributed by atoms with Gasteiger partial charge in [0.15, 0.2) is 5.96 Å². The number of nitrogens with two attached hydrogens (primary N) is 1. The molecule has 0 aromatic rings. The maximum Gasteiger partial charge on any atom is 0.409 e. The van der Waals surface area contributed by atoms with Crippen LogP contribution in [0.15, 0.2) is 4.99 Å². The van der Waals surface area contributed by atoms with E-state index in [2.05, 4.69) is 29.1 Å². The van der Waals surface area contributed by atoms with Gasteiger partial charge in [0.1, 0.15) is 0 Å². The van der Waals surface area contributed by atoms with Crippen LogP contribution in [0.2, 0.25) is 0 Å². The van der Waals surface area contributed by atoms with Gasteiger partial charge in [0.25, 0.3) is 0 Å². The summed E-state index contributed by atoms with van der Waals surface area (Å²) in [5.74, 6) is 2.13. The predicted molar refractivity (Wildman–Crippen MR) is 105 cm³/mol. The lowest BCUT2D eigenvalue weighted by Crippen LogP contribution is -2.48. The molecule has 1 amide bonds. The Kier molecular flexibility index (Phi) is 8.48. The molecule has 2 saturated heterocycles. The Morgan fingerprint density at radius 1 is 1.23 bits per heavy atom. The van der Waals surface area contributed by atoms with Gasteiger partial charge in [-0.25, -0.2) is 4.79 Å². The molecule has 0 aromatic carbocycles. The molecule has 0 radical (unpaired) electrons. The fourth-order valence-electron chi connectivity index (χ4n) is 4.14. The first-order valence-electron chi connectivity index (χ1n) is 10.2. The molecular formula is C19H37N5O2. The number of hydrogen-bond acceptors (Lipinski definition) is 4. The normalized spacial score (nSPS) is 26.0. The Morgan fingerprint density at radius 2 is 1.88 bits per heavy atom. The van der Waals surface area contributed by atoms with Crippen molar-refractivity contribution in [3.05, 3.63) is 0 Å². The highest BCUT2D eigenvalue weighted by Crippen LogP contribution is 2.20. The second-order valence-electron chi connectivity index (χ2n) is 7.93. The molecule has 0 aliphatic carbocycles. The average Bonchev–Trinajstić information content (AvgIpc) is 2.59. The number of ether oxygens (including phenoxy) is 1. The van der Waals surface area contributed by atoms with Gasteiger partial charge in [0.2, 0.25) is 0 Å². The third kappa shape index (κ3) is 7.02. The summed E-state index contributed by atoms with van der Waals surface area (Å²) in [5.41, 5.74) is 6.03. The molecule has 2 unspecified atom stereocenters. The smallest absolute Gasteiger partial charge is 0.409 e. The first-order chi connectivity index (χ1) is 12.5. The molecule has 2 heterocycles. The zero-order valence-electron chi connectivity index (χ0n) is 16.7. The lowest BCUT2D eigenvalue weighted by molar-refractivity contribution is 0.0963. The summed E-state index contributed by atoms with van der Waals surface area (Å²) >= 11 is 0. The molecule has 3 N–H and O–H groups in total. The third-order valence-electron chi connectivity index (χ3n) is 5.23. The van der Waals surface area contributed by atoms with Gasteiger partial charge in [-0.2, -0.15) is 0 Å². The monoisotopic (exact) mass is 367 g/mol. The minimum atomic E-state index is -0.214. The van der Waals surface area contributed by atoms with Crippen molar-refractivity contribution in [3.63, 3.8) is 0 Å². The van der Waals surface area contributed by atoms with Crippen LogP contribution in [0, 0.1) is 11.8 Å². The number of nitrogens with one attached hydrogen (secondary N) is 1. The van der Waals surface area contributed by atoms with E-state index in [4.69, 9.17) is 10.5 Å². The van der Waals surface area contributed by atoms with E-state index < -0.39 is 0 Å². The quantitative estimate of drug-likeness (QED) is 0.425. The van der Waals surface area contributed by atoms with Crippen LogP contribution in [0.3, 0.4) is 0 Å². The summed E-state index contributed by atoms with van der Waals surface area (Å²) in [5, 5.41) is 3.30. The highest BCUT2D eigenvalue weighted by Gasteiger charge is 2.24. The molecule has 2 aliphatic rings. The van der Waals surface area contributed by atoms with Gasteiger partial charge in [-0.05, 0) is 51.0 Å². The molecular weight excluding hydrogens is 330 g/mol. The van der Waals surface area contributed by atoms with Gasteiger partial charge in [-0.15, -0.1) is 0 Å². The van der Waals surface area contributed by atoms with Crippen LogP contribution in [0.1, 0.15) is 46.5 Å². The minimum Gasteiger partial charge on any atom is -0.450 e. The maximum atomic E-state index is 11.7. The van der Waals surface area contributed by atoms with E-state index in [1.807, 2.05) is 6.92 Å². The number of rotatable bonds is 6. The second-order valence-corrected chi connectivity index (χ2v) is 7.93. The van der Waals surface area contributed by atoms with Gasteiger partial charge in [0, 0.05) is 38.8 Å². The zero-order chi connectivity index (χ0) is 18.9. The van der Waals surface area contributed by atoms with Crippen LogP contribution in [0.5, 0.6) is 0 Å². The van der Waals surface area contributed by atoms with Gasteiger partial charge in [0.05, 0.1) is 6.61 Å². The van der Waals surface area contributed by atoms with Gasteiger partial charge in [-0.1, -0.05) is 13.8 Å². The molecule has 2 rings (SSSR count). The Hall–Kier alpha value is -1.50. The highest BCUT2D eigenvalue weighted by molar-refractivity contribution is 5.78. The minimum absolute atomic E-state index is 0.214. The average molecular weight is 368 g/mol. The van der Waals surface area contributed by atoms with Crippen molar-refractivity contribution in [1.82, 2.24) is 15.1 Å². The lowest BCUT2D eigenvalue weighted by Gasteiger charge is -2.34. The zero-order valence-corrected chi connectivity index (χ0v) is 16.7. The summed E-state index contributed by atoms with van der Waals surface area (Å²) in [6.45, 7) is 12.6. The Morgan fingerprint density at radius 3 is 2.50 bits per heavy atom.